The topological polar surface area (TPSA) is 75.4 Å². The number of anilines is 1. The Morgan fingerprint density at radius 3 is 2.88 bits per heavy atom. The highest BCUT2D eigenvalue weighted by atomic mass is 16.5. The zero-order valence-electron chi connectivity index (χ0n) is 14.4. The zero-order valence-corrected chi connectivity index (χ0v) is 14.4. The standard InChI is InChI=1S/C17H23N5O2/c1-4-14-13(10-24-20-14)17(23)22(3)9-8-21(2)16-12-6-5-7-15(12)18-11-19-16/h10-11H,4-9H2,1-3H3. The largest absolute Gasteiger partial charge is 0.364 e. The van der Waals surface area contributed by atoms with Gasteiger partial charge in [0, 0.05) is 38.4 Å². The summed E-state index contributed by atoms with van der Waals surface area (Å²) in [6.07, 6.45) is 6.95. The number of amides is 1. The van der Waals surface area contributed by atoms with E-state index in [1.807, 2.05) is 14.0 Å². The Bertz CT molecular complexity index is 728. The molecule has 0 unspecified atom stereocenters. The quantitative estimate of drug-likeness (QED) is 0.803. The van der Waals surface area contributed by atoms with Crippen molar-refractivity contribution in [3.8, 4) is 0 Å². The number of hydrogen-bond donors (Lipinski definition) is 0. The maximum absolute atomic E-state index is 12.5. The van der Waals surface area contributed by atoms with Gasteiger partial charge in [0.15, 0.2) is 0 Å². The molecule has 7 nitrogen and oxygen atoms in total. The molecule has 0 N–H and O–H groups in total. The highest BCUT2D eigenvalue weighted by molar-refractivity contribution is 5.94. The monoisotopic (exact) mass is 329 g/mol. The highest BCUT2D eigenvalue weighted by Crippen LogP contribution is 2.27. The second kappa shape index (κ2) is 6.98. The number of aromatic nitrogens is 3. The van der Waals surface area contributed by atoms with Gasteiger partial charge < -0.3 is 14.3 Å². The summed E-state index contributed by atoms with van der Waals surface area (Å²) in [7, 11) is 3.81. The predicted octanol–water partition coefficient (Wildman–Crippen LogP) is 1.72. The molecule has 7 heteroatoms. The first-order valence-corrected chi connectivity index (χ1v) is 8.34. The van der Waals surface area contributed by atoms with Gasteiger partial charge in [-0.1, -0.05) is 12.1 Å². The lowest BCUT2D eigenvalue weighted by molar-refractivity contribution is 0.0797. The molecule has 24 heavy (non-hydrogen) atoms. The van der Waals surface area contributed by atoms with Crippen LogP contribution in [-0.4, -0.2) is 53.1 Å². The minimum Gasteiger partial charge on any atom is -0.364 e. The SMILES string of the molecule is CCc1nocc1C(=O)N(C)CCN(C)c1ncnc2c1CCC2. The number of fused-ring (bicyclic) bond motifs is 1. The van der Waals surface area contributed by atoms with Crippen LogP contribution in [0.3, 0.4) is 0 Å². The molecular weight excluding hydrogens is 306 g/mol. The van der Waals surface area contributed by atoms with Crippen LogP contribution in [0.1, 0.15) is 40.7 Å². The summed E-state index contributed by atoms with van der Waals surface area (Å²) in [5.74, 6) is 0.923. The molecule has 0 saturated heterocycles. The van der Waals surface area contributed by atoms with Crippen LogP contribution in [0.4, 0.5) is 5.82 Å². The Hall–Kier alpha value is -2.44. The van der Waals surface area contributed by atoms with Crippen LogP contribution in [0.25, 0.3) is 0 Å². The molecule has 2 aromatic heterocycles. The van der Waals surface area contributed by atoms with Crippen LogP contribution in [0.5, 0.6) is 0 Å². The first-order valence-electron chi connectivity index (χ1n) is 8.34. The second-order valence-electron chi connectivity index (χ2n) is 6.15. The number of hydrogen-bond acceptors (Lipinski definition) is 6. The number of nitrogens with zero attached hydrogens (tertiary/aromatic N) is 5. The normalized spacial score (nSPS) is 13.0. The molecule has 0 atom stereocenters. The minimum absolute atomic E-state index is 0.0607. The maximum atomic E-state index is 12.5. The molecule has 0 fully saturated rings. The molecule has 0 spiro atoms. The van der Waals surface area contributed by atoms with E-state index in [4.69, 9.17) is 4.52 Å². The Morgan fingerprint density at radius 2 is 2.08 bits per heavy atom. The molecule has 0 radical (unpaired) electrons. The van der Waals surface area contributed by atoms with E-state index in [0.29, 0.717) is 30.8 Å². The summed E-state index contributed by atoms with van der Waals surface area (Å²) in [5, 5.41) is 3.87. The molecule has 0 bridgehead atoms. The van der Waals surface area contributed by atoms with Crippen LogP contribution in [0.2, 0.25) is 0 Å². The van der Waals surface area contributed by atoms with Gasteiger partial charge in [0.2, 0.25) is 0 Å². The number of carbonyl (C=O) groups is 1. The predicted molar refractivity (Wildman–Crippen MR) is 90.2 cm³/mol. The van der Waals surface area contributed by atoms with E-state index in [1.54, 1.807) is 18.3 Å². The summed E-state index contributed by atoms with van der Waals surface area (Å²) >= 11 is 0. The van der Waals surface area contributed by atoms with Gasteiger partial charge in [-0.05, 0) is 25.7 Å². The van der Waals surface area contributed by atoms with Crippen molar-refractivity contribution in [1.29, 1.82) is 0 Å². The summed E-state index contributed by atoms with van der Waals surface area (Å²) in [5.41, 5.74) is 3.66. The van der Waals surface area contributed by atoms with Crippen LogP contribution in [0, 0.1) is 0 Å². The summed E-state index contributed by atoms with van der Waals surface area (Å²) in [6.45, 7) is 3.26. The van der Waals surface area contributed by atoms with Gasteiger partial charge in [-0.2, -0.15) is 0 Å². The molecule has 1 aliphatic carbocycles. The number of likely N-dealkylation sites (N-methyl/N-ethyl adjacent to an activating group) is 2. The number of rotatable bonds is 6. The van der Waals surface area contributed by atoms with E-state index in [9.17, 15) is 4.79 Å². The lowest BCUT2D eigenvalue weighted by atomic mass is 10.2. The second-order valence-corrected chi connectivity index (χ2v) is 6.15. The number of aryl methyl sites for hydroxylation is 2. The van der Waals surface area contributed by atoms with Gasteiger partial charge in [0.05, 0.1) is 5.69 Å². The highest BCUT2D eigenvalue weighted by Gasteiger charge is 2.21. The molecule has 0 aromatic carbocycles. The molecular formula is C17H23N5O2. The number of carbonyl (C=O) groups excluding carboxylic acids is 1. The van der Waals surface area contributed by atoms with Gasteiger partial charge in [-0.3, -0.25) is 4.79 Å². The van der Waals surface area contributed by atoms with Gasteiger partial charge in [0.1, 0.15) is 24.0 Å². The van der Waals surface area contributed by atoms with Crippen LogP contribution in [0.15, 0.2) is 17.1 Å². The Morgan fingerprint density at radius 1 is 1.25 bits per heavy atom. The first-order chi connectivity index (χ1) is 11.6. The molecule has 2 aromatic rings. The van der Waals surface area contributed by atoms with Crippen molar-refractivity contribution in [2.45, 2.75) is 32.6 Å². The fraction of sp³-hybridized carbons (Fsp3) is 0.529. The fourth-order valence-electron chi connectivity index (χ4n) is 3.07. The van der Waals surface area contributed by atoms with Crippen molar-refractivity contribution in [3.05, 3.63) is 35.1 Å². The van der Waals surface area contributed by atoms with E-state index < -0.39 is 0 Å². The first kappa shape index (κ1) is 16.4. The van der Waals surface area contributed by atoms with Crippen LogP contribution in [-0.2, 0) is 19.3 Å². The fourth-order valence-corrected chi connectivity index (χ4v) is 3.07. The molecule has 0 aliphatic heterocycles. The average molecular weight is 329 g/mol. The third kappa shape index (κ3) is 3.11. The van der Waals surface area contributed by atoms with Crippen LogP contribution < -0.4 is 4.90 Å². The third-order valence-corrected chi connectivity index (χ3v) is 4.54. The molecule has 128 valence electrons. The van der Waals surface area contributed by atoms with Gasteiger partial charge >= 0.3 is 0 Å². The van der Waals surface area contributed by atoms with E-state index in [1.165, 1.54) is 11.8 Å². The zero-order chi connectivity index (χ0) is 17.1. The van der Waals surface area contributed by atoms with Crippen LogP contribution >= 0.6 is 0 Å². The van der Waals surface area contributed by atoms with Gasteiger partial charge in [-0.25, -0.2) is 9.97 Å². The Balaban J connectivity index is 1.63. The van der Waals surface area contributed by atoms with Crippen molar-refractivity contribution in [3.63, 3.8) is 0 Å². The Kier molecular flexibility index (Phi) is 4.78. The Labute approximate surface area is 141 Å². The molecule has 0 saturated carbocycles. The molecule has 2 heterocycles. The van der Waals surface area contributed by atoms with E-state index >= 15 is 0 Å². The van der Waals surface area contributed by atoms with Crippen molar-refractivity contribution in [2.24, 2.45) is 0 Å². The summed E-state index contributed by atoms with van der Waals surface area (Å²) < 4.78 is 4.93. The molecule has 3 rings (SSSR count). The lowest BCUT2D eigenvalue weighted by Crippen LogP contribution is -2.35. The van der Waals surface area contributed by atoms with E-state index in [-0.39, 0.29) is 5.91 Å². The lowest BCUT2D eigenvalue weighted by Gasteiger charge is -2.24. The minimum atomic E-state index is -0.0607. The smallest absolute Gasteiger partial charge is 0.258 e. The summed E-state index contributed by atoms with van der Waals surface area (Å²) in [6, 6.07) is 0. The van der Waals surface area contributed by atoms with Gasteiger partial charge in [-0.15, -0.1) is 0 Å². The average Bonchev–Trinajstić information content (AvgIpc) is 3.26. The van der Waals surface area contributed by atoms with Crippen molar-refractivity contribution in [2.75, 3.05) is 32.1 Å². The van der Waals surface area contributed by atoms with E-state index in [0.717, 1.165) is 30.8 Å². The maximum Gasteiger partial charge on any atom is 0.258 e. The van der Waals surface area contributed by atoms with Gasteiger partial charge in [0.25, 0.3) is 5.91 Å². The van der Waals surface area contributed by atoms with Crippen molar-refractivity contribution >= 4 is 11.7 Å². The summed E-state index contributed by atoms with van der Waals surface area (Å²) in [4.78, 5) is 25.1. The molecule has 1 amide bonds. The van der Waals surface area contributed by atoms with Crippen molar-refractivity contribution in [1.82, 2.24) is 20.0 Å². The van der Waals surface area contributed by atoms with Crippen molar-refractivity contribution < 1.29 is 9.32 Å². The van der Waals surface area contributed by atoms with E-state index in [2.05, 4.69) is 20.0 Å². The molecule has 1 aliphatic rings. The third-order valence-electron chi connectivity index (χ3n) is 4.54.